The molecule has 0 atom stereocenters. The van der Waals surface area contributed by atoms with Crippen LogP contribution in [0.15, 0.2) is 59.3 Å². The molecule has 142 valence electrons. The molecule has 0 bridgehead atoms. The molecule has 1 aromatic carbocycles. The van der Waals surface area contributed by atoms with Gasteiger partial charge in [0.05, 0.1) is 33.7 Å². The Morgan fingerprint density at radius 3 is 2.64 bits per heavy atom. The van der Waals surface area contributed by atoms with Crippen LogP contribution in [0.3, 0.4) is 0 Å². The largest absolute Gasteiger partial charge is 0.276 e. The molecule has 0 aliphatic heterocycles. The first-order valence-electron chi connectivity index (χ1n) is 8.30. The van der Waals surface area contributed by atoms with Crippen LogP contribution in [0.4, 0.5) is 5.69 Å². The molecule has 4 rings (SSSR count). The van der Waals surface area contributed by atoms with Crippen molar-refractivity contribution in [3.63, 3.8) is 0 Å². The number of aromatic nitrogens is 5. The number of rotatable bonds is 5. The van der Waals surface area contributed by atoms with Crippen LogP contribution >= 0.6 is 11.3 Å². The van der Waals surface area contributed by atoms with Gasteiger partial charge in [-0.1, -0.05) is 12.1 Å². The summed E-state index contributed by atoms with van der Waals surface area (Å²) in [7, 11) is -3.81. The van der Waals surface area contributed by atoms with Gasteiger partial charge in [-0.2, -0.15) is 5.10 Å². The first kappa shape index (κ1) is 18.3. The summed E-state index contributed by atoms with van der Waals surface area (Å²) in [5.74, 6) is 0.352. The number of nitrogens with zero attached hydrogens (tertiary/aromatic N) is 5. The molecule has 8 nitrogen and oxygen atoms in total. The average Bonchev–Trinajstić information content (AvgIpc) is 3.31. The van der Waals surface area contributed by atoms with E-state index in [9.17, 15) is 8.42 Å². The van der Waals surface area contributed by atoms with E-state index in [0.29, 0.717) is 17.2 Å². The van der Waals surface area contributed by atoms with Gasteiger partial charge < -0.3 is 0 Å². The Hall–Kier alpha value is -3.11. The zero-order valence-electron chi connectivity index (χ0n) is 15.1. The molecule has 0 amide bonds. The lowest BCUT2D eigenvalue weighted by Gasteiger charge is -2.10. The van der Waals surface area contributed by atoms with Crippen LogP contribution in [-0.4, -0.2) is 33.2 Å². The number of anilines is 1. The Morgan fingerprint density at radius 1 is 1.14 bits per heavy atom. The summed E-state index contributed by atoms with van der Waals surface area (Å²) in [5.41, 5.74) is 2.47. The molecule has 10 heteroatoms. The standard InChI is InChI=1S/C18H16N6O2S2/c1-12-4-5-14(16-11-27-13(2)22-16)8-17(12)28(25,26)23-15-9-21-24(10-15)18-19-6-3-7-20-18/h3-11,23H,1-2H3. The van der Waals surface area contributed by atoms with E-state index >= 15 is 0 Å². The fourth-order valence-electron chi connectivity index (χ4n) is 2.65. The third-order valence-electron chi connectivity index (χ3n) is 3.98. The highest BCUT2D eigenvalue weighted by molar-refractivity contribution is 7.92. The molecule has 3 heterocycles. The van der Waals surface area contributed by atoms with Crippen molar-refractivity contribution in [1.29, 1.82) is 0 Å². The monoisotopic (exact) mass is 412 g/mol. The van der Waals surface area contributed by atoms with Crippen molar-refractivity contribution >= 4 is 27.0 Å². The second kappa shape index (κ2) is 7.13. The molecule has 4 aromatic rings. The van der Waals surface area contributed by atoms with Crippen molar-refractivity contribution in [2.24, 2.45) is 0 Å². The molecule has 0 spiro atoms. The van der Waals surface area contributed by atoms with Crippen LogP contribution in [0.1, 0.15) is 10.6 Å². The SMILES string of the molecule is Cc1nc(-c2ccc(C)c(S(=O)(=O)Nc3cnn(-c4ncccn4)c3)c2)cs1. The van der Waals surface area contributed by atoms with Gasteiger partial charge in [0.2, 0.25) is 5.95 Å². The van der Waals surface area contributed by atoms with E-state index in [4.69, 9.17) is 0 Å². The fraction of sp³-hybridized carbons (Fsp3) is 0.111. The van der Waals surface area contributed by atoms with E-state index in [0.717, 1.165) is 16.3 Å². The van der Waals surface area contributed by atoms with Crippen LogP contribution in [0.25, 0.3) is 17.2 Å². The smallest absolute Gasteiger partial charge is 0.262 e. The van der Waals surface area contributed by atoms with Crippen molar-refractivity contribution in [2.45, 2.75) is 18.7 Å². The fourth-order valence-corrected chi connectivity index (χ4v) is 4.57. The number of sulfonamides is 1. The minimum atomic E-state index is -3.81. The van der Waals surface area contributed by atoms with Crippen LogP contribution in [0.5, 0.6) is 0 Å². The van der Waals surface area contributed by atoms with Gasteiger partial charge >= 0.3 is 0 Å². The van der Waals surface area contributed by atoms with E-state index < -0.39 is 10.0 Å². The number of nitrogens with one attached hydrogen (secondary N) is 1. The van der Waals surface area contributed by atoms with Crippen molar-refractivity contribution in [2.75, 3.05) is 4.72 Å². The molecule has 0 saturated heterocycles. The number of benzene rings is 1. The van der Waals surface area contributed by atoms with Crippen molar-refractivity contribution < 1.29 is 8.42 Å². The molecule has 0 aliphatic rings. The lowest BCUT2D eigenvalue weighted by atomic mass is 10.1. The summed E-state index contributed by atoms with van der Waals surface area (Å²) in [5, 5.41) is 6.95. The quantitative estimate of drug-likeness (QED) is 0.540. The maximum Gasteiger partial charge on any atom is 0.262 e. The highest BCUT2D eigenvalue weighted by atomic mass is 32.2. The van der Waals surface area contributed by atoms with Gasteiger partial charge in [-0.05, 0) is 31.5 Å². The predicted octanol–water partition coefficient (Wildman–Crippen LogP) is 3.20. The third kappa shape index (κ3) is 3.64. The lowest BCUT2D eigenvalue weighted by molar-refractivity contribution is 0.600. The lowest BCUT2D eigenvalue weighted by Crippen LogP contribution is -2.14. The van der Waals surface area contributed by atoms with Crippen LogP contribution < -0.4 is 4.72 Å². The molecule has 0 saturated carbocycles. The van der Waals surface area contributed by atoms with E-state index in [1.54, 1.807) is 37.5 Å². The highest BCUT2D eigenvalue weighted by Gasteiger charge is 2.19. The Balaban J connectivity index is 1.65. The first-order valence-corrected chi connectivity index (χ1v) is 10.7. The van der Waals surface area contributed by atoms with Crippen LogP contribution in [-0.2, 0) is 10.0 Å². The summed E-state index contributed by atoms with van der Waals surface area (Å²) in [6.07, 6.45) is 6.11. The Kier molecular flexibility index (Phi) is 4.65. The number of aryl methyl sites for hydroxylation is 2. The highest BCUT2D eigenvalue weighted by Crippen LogP contribution is 2.27. The minimum absolute atomic E-state index is 0.194. The Morgan fingerprint density at radius 2 is 1.93 bits per heavy atom. The summed E-state index contributed by atoms with van der Waals surface area (Å²) < 4.78 is 29.9. The van der Waals surface area contributed by atoms with Gasteiger partial charge in [0.1, 0.15) is 0 Å². The molecule has 28 heavy (non-hydrogen) atoms. The molecule has 0 aliphatic carbocycles. The number of hydrogen-bond donors (Lipinski definition) is 1. The summed E-state index contributed by atoms with van der Waals surface area (Å²) in [4.78, 5) is 12.8. The van der Waals surface area contributed by atoms with Gasteiger partial charge in [0.25, 0.3) is 10.0 Å². The van der Waals surface area contributed by atoms with E-state index in [2.05, 4.69) is 24.8 Å². The average molecular weight is 413 g/mol. The van der Waals surface area contributed by atoms with Gasteiger partial charge in [-0.15, -0.1) is 11.3 Å². The van der Waals surface area contributed by atoms with E-state index in [-0.39, 0.29) is 4.90 Å². The van der Waals surface area contributed by atoms with Crippen molar-refractivity contribution in [1.82, 2.24) is 24.7 Å². The van der Waals surface area contributed by atoms with Crippen molar-refractivity contribution in [3.8, 4) is 17.2 Å². The minimum Gasteiger partial charge on any atom is -0.276 e. The normalized spacial score (nSPS) is 11.5. The third-order valence-corrected chi connectivity index (χ3v) is 6.28. The number of thiazole rings is 1. The number of hydrogen-bond acceptors (Lipinski definition) is 7. The summed E-state index contributed by atoms with van der Waals surface area (Å²) >= 11 is 1.52. The molecular formula is C18H16N6O2S2. The topological polar surface area (TPSA) is 103 Å². The van der Waals surface area contributed by atoms with Crippen LogP contribution in [0.2, 0.25) is 0 Å². The molecule has 0 radical (unpaired) electrons. The molecule has 0 fully saturated rings. The zero-order valence-corrected chi connectivity index (χ0v) is 16.7. The van der Waals surface area contributed by atoms with Crippen molar-refractivity contribution in [3.05, 3.63) is 65.0 Å². The van der Waals surface area contributed by atoms with Gasteiger partial charge in [0, 0.05) is 23.3 Å². The van der Waals surface area contributed by atoms with Gasteiger partial charge in [-0.3, -0.25) is 4.72 Å². The predicted molar refractivity (Wildman–Crippen MR) is 107 cm³/mol. The Labute approximate surface area is 166 Å². The van der Waals surface area contributed by atoms with Gasteiger partial charge in [0.15, 0.2) is 0 Å². The molecule has 3 aromatic heterocycles. The second-order valence-corrected chi connectivity index (χ2v) is 8.77. The van der Waals surface area contributed by atoms with E-state index in [1.807, 2.05) is 18.4 Å². The Bertz CT molecular complexity index is 1230. The van der Waals surface area contributed by atoms with E-state index in [1.165, 1.54) is 28.4 Å². The molecule has 1 N–H and O–H groups in total. The molecular weight excluding hydrogens is 396 g/mol. The maximum atomic E-state index is 13.0. The zero-order chi connectivity index (χ0) is 19.7. The van der Waals surface area contributed by atoms with Gasteiger partial charge in [-0.25, -0.2) is 28.1 Å². The summed E-state index contributed by atoms with van der Waals surface area (Å²) in [6, 6.07) is 6.97. The molecule has 0 unspecified atom stereocenters. The van der Waals surface area contributed by atoms with Crippen LogP contribution in [0, 0.1) is 13.8 Å². The maximum absolute atomic E-state index is 13.0. The first-order chi connectivity index (χ1) is 13.4. The second-order valence-electron chi connectivity index (χ2n) is 6.06. The summed E-state index contributed by atoms with van der Waals surface area (Å²) in [6.45, 7) is 3.67.